The Kier molecular flexibility index (Phi) is 6.32. The van der Waals surface area contributed by atoms with Crippen LogP contribution in [0.15, 0.2) is 23.3 Å². The molecule has 6 nitrogen and oxygen atoms in total. The Hall–Kier alpha value is -1.86. The maximum absolute atomic E-state index is 12.5. The summed E-state index contributed by atoms with van der Waals surface area (Å²) < 4.78 is 10.7. The summed E-state index contributed by atoms with van der Waals surface area (Å²) in [7, 11) is 1.48. The van der Waals surface area contributed by atoms with Gasteiger partial charge in [0.15, 0.2) is 5.76 Å². The largest absolute Gasteiger partial charge is 0.496 e. The third kappa shape index (κ3) is 4.45. The molecule has 0 unspecified atom stereocenters. The zero-order valence-electron chi connectivity index (χ0n) is 14.5. The van der Waals surface area contributed by atoms with Gasteiger partial charge in [0.25, 0.3) is 11.8 Å². The Morgan fingerprint density at radius 1 is 1.27 bits per heavy atom. The Balaban J connectivity index is 1.76. The maximum Gasteiger partial charge on any atom is 0.291 e. The highest BCUT2D eigenvalue weighted by Crippen LogP contribution is 2.32. The Morgan fingerprint density at radius 2 is 2.04 bits per heavy atom. The molecule has 0 bridgehead atoms. The number of methoxy groups -OCH3 is 1. The van der Waals surface area contributed by atoms with Gasteiger partial charge in [-0.3, -0.25) is 9.59 Å². The molecule has 1 heterocycles. The minimum Gasteiger partial charge on any atom is -0.496 e. The van der Waals surface area contributed by atoms with E-state index in [4.69, 9.17) is 21.1 Å². The van der Waals surface area contributed by atoms with E-state index in [1.54, 1.807) is 11.5 Å². The van der Waals surface area contributed by atoms with Crippen LogP contribution in [0.1, 0.15) is 36.0 Å². The first kappa shape index (κ1) is 18.9. The predicted molar refractivity (Wildman–Crippen MR) is 103 cm³/mol. The average Bonchev–Trinajstić information content (AvgIpc) is 3.16. The molecule has 0 atom stereocenters. The molecule has 3 rings (SSSR count). The molecule has 1 aromatic rings. The number of thioether (sulfide) groups is 1. The molecule has 0 saturated heterocycles. The standard InChI is InChI=1S/C18H21ClN2O4S/c1-24-15-9-14(21-18(23)16-10-26-7-6-25-16)13(19)8-12(15)17(22)20-11-4-2-3-5-11/h8-11H,2-7H2,1H3,(H,20,22)(H,21,23). The van der Waals surface area contributed by atoms with Crippen LogP contribution in [0.2, 0.25) is 5.02 Å². The van der Waals surface area contributed by atoms with Crippen molar-refractivity contribution in [2.45, 2.75) is 31.7 Å². The molecular weight excluding hydrogens is 376 g/mol. The van der Waals surface area contributed by atoms with Gasteiger partial charge >= 0.3 is 0 Å². The van der Waals surface area contributed by atoms with Crippen LogP contribution in [0.25, 0.3) is 0 Å². The van der Waals surface area contributed by atoms with Crippen LogP contribution in [-0.2, 0) is 9.53 Å². The zero-order chi connectivity index (χ0) is 18.5. The minimum absolute atomic E-state index is 0.193. The van der Waals surface area contributed by atoms with Crippen molar-refractivity contribution in [1.82, 2.24) is 5.32 Å². The van der Waals surface area contributed by atoms with Crippen LogP contribution < -0.4 is 15.4 Å². The van der Waals surface area contributed by atoms with Crippen LogP contribution in [-0.4, -0.2) is 37.3 Å². The molecule has 1 aliphatic heterocycles. The molecule has 8 heteroatoms. The van der Waals surface area contributed by atoms with E-state index in [1.165, 1.54) is 24.9 Å². The number of carbonyl (C=O) groups is 2. The fourth-order valence-electron chi connectivity index (χ4n) is 3.00. The van der Waals surface area contributed by atoms with Crippen molar-refractivity contribution in [2.75, 3.05) is 24.8 Å². The molecular formula is C18H21ClN2O4S. The van der Waals surface area contributed by atoms with Gasteiger partial charge in [0.05, 0.1) is 30.0 Å². The van der Waals surface area contributed by atoms with E-state index < -0.39 is 0 Å². The summed E-state index contributed by atoms with van der Waals surface area (Å²) in [6.45, 7) is 0.487. The summed E-state index contributed by atoms with van der Waals surface area (Å²) in [6.07, 6.45) is 4.24. The van der Waals surface area contributed by atoms with Crippen molar-refractivity contribution < 1.29 is 19.1 Å². The quantitative estimate of drug-likeness (QED) is 0.795. The summed E-state index contributed by atoms with van der Waals surface area (Å²) >= 11 is 7.80. The second-order valence-electron chi connectivity index (χ2n) is 6.14. The van der Waals surface area contributed by atoms with Crippen LogP contribution in [0.4, 0.5) is 5.69 Å². The highest BCUT2D eigenvalue weighted by molar-refractivity contribution is 8.02. The SMILES string of the molecule is COc1cc(NC(=O)C2=CSCCO2)c(Cl)cc1C(=O)NC1CCCC1. The number of hydrogen-bond donors (Lipinski definition) is 2. The summed E-state index contributed by atoms with van der Waals surface area (Å²) in [5, 5.41) is 7.65. The number of halogens is 1. The fourth-order valence-corrected chi connectivity index (χ4v) is 3.83. The summed E-state index contributed by atoms with van der Waals surface area (Å²) in [6, 6.07) is 3.27. The number of benzene rings is 1. The monoisotopic (exact) mass is 396 g/mol. The first-order chi connectivity index (χ1) is 12.6. The first-order valence-electron chi connectivity index (χ1n) is 8.53. The molecule has 0 aromatic heterocycles. The van der Waals surface area contributed by atoms with Crippen molar-refractivity contribution in [3.63, 3.8) is 0 Å². The van der Waals surface area contributed by atoms with Gasteiger partial charge < -0.3 is 20.1 Å². The Labute approximate surface area is 161 Å². The van der Waals surface area contributed by atoms with Gasteiger partial charge in [0, 0.05) is 23.3 Å². The second kappa shape index (κ2) is 8.68. The first-order valence-corrected chi connectivity index (χ1v) is 9.95. The molecule has 140 valence electrons. The third-order valence-corrected chi connectivity index (χ3v) is 5.44. The van der Waals surface area contributed by atoms with Gasteiger partial charge in [-0.25, -0.2) is 0 Å². The van der Waals surface area contributed by atoms with Gasteiger partial charge in [-0.1, -0.05) is 24.4 Å². The van der Waals surface area contributed by atoms with Crippen LogP contribution in [0.5, 0.6) is 5.75 Å². The number of anilines is 1. The summed E-state index contributed by atoms with van der Waals surface area (Å²) in [5.41, 5.74) is 0.720. The highest BCUT2D eigenvalue weighted by atomic mass is 35.5. The molecule has 1 aromatic carbocycles. The second-order valence-corrected chi connectivity index (χ2v) is 7.53. The molecule has 2 aliphatic rings. The topological polar surface area (TPSA) is 76.7 Å². The molecule has 1 aliphatic carbocycles. The molecule has 2 amide bonds. The van der Waals surface area contributed by atoms with E-state index in [0.717, 1.165) is 31.4 Å². The Morgan fingerprint density at radius 3 is 2.69 bits per heavy atom. The zero-order valence-corrected chi connectivity index (χ0v) is 16.0. The lowest BCUT2D eigenvalue weighted by atomic mass is 10.1. The molecule has 0 radical (unpaired) electrons. The lowest BCUT2D eigenvalue weighted by Crippen LogP contribution is -2.32. The number of amides is 2. The van der Waals surface area contributed by atoms with Gasteiger partial charge in [-0.15, -0.1) is 11.8 Å². The molecule has 0 spiro atoms. The van der Waals surface area contributed by atoms with E-state index >= 15 is 0 Å². The van der Waals surface area contributed by atoms with Crippen molar-refractivity contribution in [1.29, 1.82) is 0 Å². The van der Waals surface area contributed by atoms with E-state index in [9.17, 15) is 9.59 Å². The molecule has 2 N–H and O–H groups in total. The van der Waals surface area contributed by atoms with Crippen molar-refractivity contribution in [3.05, 3.63) is 33.9 Å². The average molecular weight is 397 g/mol. The number of rotatable bonds is 5. The number of ether oxygens (including phenoxy) is 2. The van der Waals surface area contributed by atoms with E-state index in [-0.39, 0.29) is 28.6 Å². The third-order valence-electron chi connectivity index (χ3n) is 4.35. The van der Waals surface area contributed by atoms with Gasteiger partial charge in [-0.2, -0.15) is 0 Å². The molecule has 1 fully saturated rings. The van der Waals surface area contributed by atoms with Crippen LogP contribution >= 0.6 is 23.4 Å². The number of hydrogen-bond acceptors (Lipinski definition) is 5. The van der Waals surface area contributed by atoms with Crippen molar-refractivity contribution in [3.8, 4) is 5.75 Å². The van der Waals surface area contributed by atoms with E-state index in [1.807, 2.05) is 0 Å². The Bertz CT molecular complexity index is 732. The van der Waals surface area contributed by atoms with Crippen LogP contribution in [0, 0.1) is 0 Å². The highest BCUT2D eigenvalue weighted by Gasteiger charge is 2.22. The summed E-state index contributed by atoms with van der Waals surface area (Å²) in [5.74, 6) is 0.816. The smallest absolute Gasteiger partial charge is 0.291 e. The lowest BCUT2D eigenvalue weighted by molar-refractivity contribution is -0.116. The number of carbonyl (C=O) groups excluding carboxylic acids is 2. The predicted octanol–water partition coefficient (Wildman–Crippen LogP) is 3.56. The van der Waals surface area contributed by atoms with Gasteiger partial charge in [0.1, 0.15) is 5.75 Å². The lowest BCUT2D eigenvalue weighted by Gasteiger charge is -2.17. The number of nitrogens with one attached hydrogen (secondary N) is 2. The fraction of sp³-hybridized carbons (Fsp3) is 0.444. The van der Waals surface area contributed by atoms with Crippen LogP contribution in [0.3, 0.4) is 0 Å². The van der Waals surface area contributed by atoms with Gasteiger partial charge in [0.2, 0.25) is 0 Å². The van der Waals surface area contributed by atoms with Crippen molar-refractivity contribution in [2.24, 2.45) is 0 Å². The van der Waals surface area contributed by atoms with E-state index in [0.29, 0.717) is 23.6 Å². The normalized spacial score (nSPS) is 17.2. The maximum atomic E-state index is 12.5. The minimum atomic E-state index is -0.385. The molecule has 26 heavy (non-hydrogen) atoms. The van der Waals surface area contributed by atoms with Crippen molar-refractivity contribution >= 4 is 40.9 Å². The summed E-state index contributed by atoms with van der Waals surface area (Å²) in [4.78, 5) is 24.8. The van der Waals surface area contributed by atoms with Gasteiger partial charge in [-0.05, 0) is 18.9 Å². The van der Waals surface area contributed by atoms with E-state index in [2.05, 4.69) is 10.6 Å². The molecule has 1 saturated carbocycles.